The molecular weight excluding hydrogens is 276 g/mol. The van der Waals surface area contributed by atoms with Gasteiger partial charge in [-0.3, -0.25) is 9.69 Å². The minimum Gasteiger partial charge on any atom is -0.371 e. The Hall–Kier alpha value is -2.17. The van der Waals surface area contributed by atoms with Crippen LogP contribution in [-0.2, 0) is 9.53 Å². The first kappa shape index (κ1) is 14.8. The zero-order valence-electron chi connectivity index (χ0n) is 12.4. The van der Waals surface area contributed by atoms with Gasteiger partial charge in [0.25, 0.3) is 0 Å². The number of hydrogen-bond donors (Lipinski definition) is 1. The van der Waals surface area contributed by atoms with Crippen molar-refractivity contribution < 1.29 is 9.53 Å². The smallest absolute Gasteiger partial charge is 0.239 e. The number of morpholine rings is 1. The second kappa shape index (κ2) is 6.73. The average molecular weight is 296 g/mol. The summed E-state index contributed by atoms with van der Waals surface area (Å²) in [6.45, 7) is 1.95. The summed E-state index contributed by atoms with van der Waals surface area (Å²) in [6.07, 6.45) is -0.0273. The van der Waals surface area contributed by atoms with E-state index < -0.39 is 6.04 Å². The fourth-order valence-corrected chi connectivity index (χ4v) is 2.96. The number of amides is 1. The largest absolute Gasteiger partial charge is 0.371 e. The van der Waals surface area contributed by atoms with Crippen LogP contribution in [-0.4, -0.2) is 30.5 Å². The minimum absolute atomic E-state index is 0.0273. The molecule has 2 atom stereocenters. The van der Waals surface area contributed by atoms with Crippen LogP contribution < -0.4 is 5.73 Å². The number of benzene rings is 2. The first-order valence-electron chi connectivity index (χ1n) is 7.50. The number of nitrogens with two attached hydrogens (primary N) is 1. The molecule has 4 heteroatoms. The lowest BCUT2D eigenvalue weighted by Gasteiger charge is -2.37. The normalized spacial score (nSPS) is 20.5. The van der Waals surface area contributed by atoms with Crippen LogP contribution in [0.4, 0.5) is 0 Å². The Balaban J connectivity index is 1.82. The van der Waals surface area contributed by atoms with E-state index in [-0.39, 0.29) is 12.0 Å². The molecular formula is C18H20N2O2. The number of ether oxygens (including phenoxy) is 1. The first-order chi connectivity index (χ1) is 10.8. The molecule has 22 heavy (non-hydrogen) atoms. The van der Waals surface area contributed by atoms with Crippen LogP contribution in [0, 0.1) is 0 Å². The number of nitrogens with zero attached hydrogens (tertiary/aromatic N) is 1. The average Bonchev–Trinajstić information content (AvgIpc) is 2.57. The summed E-state index contributed by atoms with van der Waals surface area (Å²) >= 11 is 0. The highest BCUT2D eigenvalue weighted by atomic mass is 16.5. The third-order valence-electron chi connectivity index (χ3n) is 4.02. The van der Waals surface area contributed by atoms with E-state index in [1.807, 2.05) is 48.5 Å². The fraction of sp³-hybridized carbons (Fsp3) is 0.278. The molecule has 0 spiro atoms. The zero-order valence-corrected chi connectivity index (χ0v) is 12.4. The quantitative estimate of drug-likeness (QED) is 0.942. The molecule has 1 heterocycles. The predicted octanol–water partition coefficient (Wildman–Crippen LogP) is 2.29. The van der Waals surface area contributed by atoms with Crippen molar-refractivity contribution in [3.63, 3.8) is 0 Å². The summed E-state index contributed by atoms with van der Waals surface area (Å²) in [5.74, 6) is -0.320. The summed E-state index contributed by atoms with van der Waals surface area (Å²) in [4.78, 5) is 14.1. The van der Waals surface area contributed by atoms with Crippen LogP contribution >= 0.6 is 0 Å². The van der Waals surface area contributed by atoms with E-state index in [2.05, 4.69) is 17.0 Å². The van der Waals surface area contributed by atoms with Gasteiger partial charge in [0.2, 0.25) is 5.91 Å². The van der Waals surface area contributed by atoms with Gasteiger partial charge >= 0.3 is 0 Å². The highest BCUT2D eigenvalue weighted by molar-refractivity contribution is 5.81. The van der Waals surface area contributed by atoms with Crippen molar-refractivity contribution in [1.29, 1.82) is 0 Å². The molecule has 1 fully saturated rings. The lowest BCUT2D eigenvalue weighted by molar-refractivity contribution is -0.127. The second-order valence-electron chi connectivity index (χ2n) is 5.48. The molecule has 1 saturated heterocycles. The van der Waals surface area contributed by atoms with Crippen LogP contribution in [0.5, 0.6) is 0 Å². The topological polar surface area (TPSA) is 55.6 Å². The molecule has 3 rings (SSSR count). The molecule has 0 radical (unpaired) electrons. The number of carbonyl (C=O) groups excluding carboxylic acids is 1. The van der Waals surface area contributed by atoms with Crippen molar-refractivity contribution in [2.45, 2.75) is 12.1 Å². The van der Waals surface area contributed by atoms with E-state index in [1.165, 1.54) is 0 Å². The Morgan fingerprint density at radius 1 is 1.09 bits per heavy atom. The van der Waals surface area contributed by atoms with Gasteiger partial charge in [0, 0.05) is 13.1 Å². The highest BCUT2D eigenvalue weighted by Gasteiger charge is 2.31. The van der Waals surface area contributed by atoms with Gasteiger partial charge in [-0.15, -0.1) is 0 Å². The van der Waals surface area contributed by atoms with E-state index in [1.54, 1.807) is 0 Å². The van der Waals surface area contributed by atoms with Gasteiger partial charge in [0.05, 0.1) is 12.7 Å². The standard InChI is InChI=1S/C18H20N2O2/c19-18(21)17(15-9-5-2-6-10-15)20-11-12-22-16(13-20)14-7-3-1-4-8-14/h1-10,16-17H,11-13H2,(H2,19,21)/t16-,17+/m0/s1. The summed E-state index contributed by atoms with van der Waals surface area (Å²) in [6, 6.07) is 19.4. The summed E-state index contributed by atoms with van der Waals surface area (Å²) in [7, 11) is 0. The maximum Gasteiger partial charge on any atom is 0.239 e. The van der Waals surface area contributed by atoms with Crippen LogP contribution in [0.15, 0.2) is 60.7 Å². The van der Waals surface area contributed by atoms with Gasteiger partial charge in [-0.05, 0) is 11.1 Å². The third-order valence-corrected chi connectivity index (χ3v) is 4.02. The molecule has 2 aromatic rings. The van der Waals surface area contributed by atoms with Crippen molar-refractivity contribution >= 4 is 5.91 Å². The lowest BCUT2D eigenvalue weighted by Crippen LogP contribution is -2.45. The molecule has 1 aliphatic rings. The molecule has 4 nitrogen and oxygen atoms in total. The second-order valence-corrected chi connectivity index (χ2v) is 5.48. The molecule has 0 saturated carbocycles. The minimum atomic E-state index is -0.406. The van der Waals surface area contributed by atoms with E-state index in [4.69, 9.17) is 10.5 Å². The van der Waals surface area contributed by atoms with Gasteiger partial charge in [0.1, 0.15) is 6.04 Å². The van der Waals surface area contributed by atoms with E-state index in [0.29, 0.717) is 19.7 Å². The van der Waals surface area contributed by atoms with Crippen molar-refractivity contribution in [2.75, 3.05) is 19.7 Å². The first-order valence-corrected chi connectivity index (χ1v) is 7.50. The Morgan fingerprint density at radius 3 is 2.36 bits per heavy atom. The maximum atomic E-state index is 12.0. The molecule has 0 bridgehead atoms. The van der Waals surface area contributed by atoms with Crippen LogP contribution in [0.2, 0.25) is 0 Å². The Bertz CT molecular complexity index is 615. The molecule has 1 aliphatic heterocycles. The number of hydrogen-bond acceptors (Lipinski definition) is 3. The van der Waals surface area contributed by atoms with Crippen molar-refractivity contribution in [3.05, 3.63) is 71.8 Å². The highest BCUT2D eigenvalue weighted by Crippen LogP contribution is 2.28. The van der Waals surface area contributed by atoms with E-state index in [9.17, 15) is 4.79 Å². The monoisotopic (exact) mass is 296 g/mol. The van der Waals surface area contributed by atoms with Crippen molar-refractivity contribution in [2.24, 2.45) is 5.73 Å². The van der Waals surface area contributed by atoms with Crippen LogP contribution in [0.25, 0.3) is 0 Å². The van der Waals surface area contributed by atoms with Gasteiger partial charge in [-0.25, -0.2) is 0 Å². The Labute approximate surface area is 130 Å². The Kier molecular flexibility index (Phi) is 4.51. The van der Waals surface area contributed by atoms with Gasteiger partial charge < -0.3 is 10.5 Å². The van der Waals surface area contributed by atoms with Crippen LogP contribution in [0.3, 0.4) is 0 Å². The number of rotatable bonds is 4. The van der Waals surface area contributed by atoms with Gasteiger partial charge in [-0.2, -0.15) is 0 Å². The van der Waals surface area contributed by atoms with Crippen molar-refractivity contribution in [1.82, 2.24) is 4.90 Å². The van der Waals surface area contributed by atoms with Crippen molar-refractivity contribution in [3.8, 4) is 0 Å². The molecule has 2 N–H and O–H groups in total. The third kappa shape index (κ3) is 3.18. The molecule has 0 aliphatic carbocycles. The summed E-state index contributed by atoms with van der Waals surface area (Å²) in [5, 5.41) is 0. The molecule has 114 valence electrons. The van der Waals surface area contributed by atoms with E-state index >= 15 is 0 Å². The number of carbonyl (C=O) groups is 1. The fourth-order valence-electron chi connectivity index (χ4n) is 2.96. The summed E-state index contributed by atoms with van der Waals surface area (Å²) < 4.78 is 5.87. The number of primary amides is 1. The predicted molar refractivity (Wildman–Crippen MR) is 85.1 cm³/mol. The molecule has 2 aromatic carbocycles. The zero-order chi connectivity index (χ0) is 15.4. The Morgan fingerprint density at radius 2 is 1.73 bits per heavy atom. The van der Waals surface area contributed by atoms with Crippen LogP contribution in [0.1, 0.15) is 23.3 Å². The van der Waals surface area contributed by atoms with E-state index in [0.717, 1.165) is 11.1 Å². The molecule has 1 amide bonds. The molecule has 0 aromatic heterocycles. The summed E-state index contributed by atoms with van der Waals surface area (Å²) in [5.41, 5.74) is 7.72. The van der Waals surface area contributed by atoms with Gasteiger partial charge in [0.15, 0.2) is 0 Å². The maximum absolute atomic E-state index is 12.0. The molecule has 0 unspecified atom stereocenters. The van der Waals surface area contributed by atoms with Gasteiger partial charge in [-0.1, -0.05) is 60.7 Å². The SMILES string of the molecule is NC(=O)[C@@H](c1ccccc1)N1CCO[C@H](c2ccccc2)C1. The lowest BCUT2D eigenvalue weighted by atomic mass is 10.0.